The predicted molar refractivity (Wildman–Crippen MR) is 154 cm³/mol. The first-order chi connectivity index (χ1) is 19.5. The van der Waals surface area contributed by atoms with Gasteiger partial charge in [-0.15, -0.1) is 0 Å². The number of hydrogen-bond donors (Lipinski definition) is 0. The zero-order chi connectivity index (χ0) is 28.5. The van der Waals surface area contributed by atoms with Gasteiger partial charge in [-0.1, -0.05) is 12.1 Å². The van der Waals surface area contributed by atoms with E-state index in [-0.39, 0.29) is 23.9 Å². The van der Waals surface area contributed by atoms with Crippen LogP contribution in [0.5, 0.6) is 23.0 Å². The molecule has 0 aliphatic carbocycles. The van der Waals surface area contributed by atoms with Crippen molar-refractivity contribution < 1.29 is 28.5 Å². The number of likely N-dealkylation sites (tertiary alicyclic amines) is 2. The number of ether oxygens (including phenoxy) is 4. The summed E-state index contributed by atoms with van der Waals surface area (Å²) in [6.45, 7) is 1.61. The molecule has 8 nitrogen and oxygen atoms in total. The van der Waals surface area contributed by atoms with Crippen LogP contribution in [0.25, 0.3) is 0 Å². The molecule has 0 aromatic heterocycles. The van der Waals surface area contributed by atoms with E-state index in [1.165, 1.54) is 0 Å². The molecule has 2 saturated heterocycles. The Hall–Kier alpha value is -3.42. The fourth-order valence-electron chi connectivity index (χ4n) is 6.15. The minimum Gasteiger partial charge on any atom is -0.493 e. The lowest BCUT2D eigenvalue weighted by atomic mass is 10.0. The van der Waals surface area contributed by atoms with Gasteiger partial charge >= 0.3 is 0 Å². The molecule has 0 saturated carbocycles. The van der Waals surface area contributed by atoms with Crippen LogP contribution in [0.15, 0.2) is 36.4 Å². The molecule has 2 atom stereocenters. The standard InChI is InChI=1S/C32H44N2O6/c1-37-27-15-13-23(21-29(27)39-3)19-25-9-7-17-33(25)31(35)11-5-6-12-32(36)34-18-8-10-26(34)20-24-14-16-28(38-2)30(22-24)40-4/h13-16,21-22,25-26H,5-12,17-20H2,1-4H3. The fraction of sp³-hybridized carbons (Fsp3) is 0.562. The van der Waals surface area contributed by atoms with E-state index in [1.807, 2.05) is 46.2 Å². The fourth-order valence-corrected chi connectivity index (χ4v) is 6.15. The third kappa shape index (κ3) is 7.20. The first-order valence-electron chi connectivity index (χ1n) is 14.5. The van der Waals surface area contributed by atoms with E-state index in [4.69, 9.17) is 18.9 Å². The lowest BCUT2D eigenvalue weighted by Crippen LogP contribution is -2.37. The number of methoxy groups -OCH3 is 4. The van der Waals surface area contributed by atoms with Crippen LogP contribution >= 0.6 is 0 Å². The van der Waals surface area contributed by atoms with Crippen LogP contribution in [0.2, 0.25) is 0 Å². The largest absolute Gasteiger partial charge is 0.493 e. The molecule has 2 aliphatic rings. The number of amides is 2. The molecule has 2 heterocycles. The molecule has 40 heavy (non-hydrogen) atoms. The highest BCUT2D eigenvalue weighted by molar-refractivity contribution is 5.78. The average molecular weight is 553 g/mol. The highest BCUT2D eigenvalue weighted by Gasteiger charge is 2.30. The zero-order valence-electron chi connectivity index (χ0n) is 24.4. The zero-order valence-corrected chi connectivity index (χ0v) is 24.4. The molecule has 218 valence electrons. The van der Waals surface area contributed by atoms with Gasteiger partial charge in [0.05, 0.1) is 28.4 Å². The number of carbonyl (C=O) groups is 2. The molecule has 2 aliphatic heterocycles. The van der Waals surface area contributed by atoms with E-state index >= 15 is 0 Å². The topological polar surface area (TPSA) is 77.5 Å². The van der Waals surface area contributed by atoms with Crippen molar-refractivity contribution in [1.82, 2.24) is 9.80 Å². The van der Waals surface area contributed by atoms with Gasteiger partial charge in [0.2, 0.25) is 11.8 Å². The highest BCUT2D eigenvalue weighted by Crippen LogP contribution is 2.31. The number of benzene rings is 2. The van der Waals surface area contributed by atoms with E-state index in [0.29, 0.717) is 35.8 Å². The molecule has 2 fully saturated rings. The van der Waals surface area contributed by atoms with Gasteiger partial charge in [-0.25, -0.2) is 0 Å². The van der Waals surface area contributed by atoms with E-state index < -0.39 is 0 Å². The average Bonchev–Trinajstić information content (AvgIpc) is 3.64. The molecule has 4 rings (SSSR count). The summed E-state index contributed by atoms with van der Waals surface area (Å²) in [5, 5.41) is 0. The molecule has 2 aromatic rings. The molecule has 8 heteroatoms. The van der Waals surface area contributed by atoms with Crippen molar-refractivity contribution in [3.63, 3.8) is 0 Å². The van der Waals surface area contributed by atoms with Crippen molar-refractivity contribution in [1.29, 1.82) is 0 Å². The Kier molecular flexibility index (Phi) is 10.6. The van der Waals surface area contributed by atoms with Crippen molar-refractivity contribution in [2.75, 3.05) is 41.5 Å². The molecular weight excluding hydrogens is 508 g/mol. The Morgan fingerprint density at radius 3 is 1.43 bits per heavy atom. The number of rotatable bonds is 13. The lowest BCUT2D eigenvalue weighted by Gasteiger charge is -2.26. The molecule has 0 N–H and O–H groups in total. The number of nitrogens with zero attached hydrogens (tertiary/aromatic N) is 2. The monoisotopic (exact) mass is 552 g/mol. The Morgan fingerprint density at radius 2 is 1.05 bits per heavy atom. The molecule has 2 aromatic carbocycles. The third-order valence-corrected chi connectivity index (χ3v) is 8.26. The Balaban J connectivity index is 1.23. The van der Waals surface area contributed by atoms with Crippen LogP contribution in [0.3, 0.4) is 0 Å². The first kappa shape index (κ1) is 29.6. The van der Waals surface area contributed by atoms with E-state index in [9.17, 15) is 9.59 Å². The van der Waals surface area contributed by atoms with Gasteiger partial charge in [-0.2, -0.15) is 0 Å². The maximum Gasteiger partial charge on any atom is 0.222 e. The second-order valence-corrected chi connectivity index (χ2v) is 10.8. The Bertz CT molecular complexity index is 1060. The highest BCUT2D eigenvalue weighted by atomic mass is 16.5. The smallest absolute Gasteiger partial charge is 0.222 e. The van der Waals surface area contributed by atoms with Gasteiger partial charge in [0.25, 0.3) is 0 Å². The summed E-state index contributed by atoms with van der Waals surface area (Å²) in [6.07, 6.45) is 8.13. The van der Waals surface area contributed by atoms with Gasteiger partial charge in [-0.05, 0) is 86.8 Å². The summed E-state index contributed by atoms with van der Waals surface area (Å²) >= 11 is 0. The van der Waals surface area contributed by atoms with Crippen LogP contribution in [-0.4, -0.2) is 75.2 Å². The van der Waals surface area contributed by atoms with E-state index in [2.05, 4.69) is 0 Å². The quantitative estimate of drug-likeness (QED) is 0.324. The van der Waals surface area contributed by atoms with Crippen LogP contribution in [0, 0.1) is 0 Å². The normalized spacial score (nSPS) is 18.6. The second kappa shape index (κ2) is 14.3. The molecule has 0 radical (unpaired) electrons. The minimum atomic E-state index is 0.197. The summed E-state index contributed by atoms with van der Waals surface area (Å²) in [5.74, 6) is 3.24. The van der Waals surface area contributed by atoms with E-state index in [1.54, 1.807) is 28.4 Å². The number of hydrogen-bond acceptors (Lipinski definition) is 6. The summed E-state index contributed by atoms with van der Waals surface area (Å²) in [6, 6.07) is 12.3. The summed E-state index contributed by atoms with van der Waals surface area (Å²) < 4.78 is 21.6. The molecule has 0 bridgehead atoms. The van der Waals surface area contributed by atoms with Gasteiger partial charge < -0.3 is 28.7 Å². The van der Waals surface area contributed by atoms with Crippen molar-refractivity contribution in [2.24, 2.45) is 0 Å². The van der Waals surface area contributed by atoms with Crippen LogP contribution in [0.1, 0.15) is 62.5 Å². The number of unbranched alkanes of at least 4 members (excludes halogenated alkanes) is 1. The van der Waals surface area contributed by atoms with Crippen molar-refractivity contribution in [3.05, 3.63) is 47.5 Å². The SMILES string of the molecule is COc1ccc(CC2CCCN2C(=O)CCCCC(=O)N2CCCC2Cc2ccc(OC)c(OC)c2)cc1OC. The maximum atomic E-state index is 13.1. The summed E-state index contributed by atoms with van der Waals surface area (Å²) in [4.78, 5) is 30.3. The van der Waals surface area contributed by atoms with Crippen molar-refractivity contribution in [3.8, 4) is 23.0 Å². The molecule has 2 amide bonds. The first-order valence-corrected chi connectivity index (χ1v) is 14.5. The van der Waals surface area contributed by atoms with Gasteiger partial charge in [-0.3, -0.25) is 9.59 Å². The number of carbonyl (C=O) groups excluding carboxylic acids is 2. The predicted octanol–water partition coefficient (Wildman–Crippen LogP) is 5.05. The van der Waals surface area contributed by atoms with Crippen molar-refractivity contribution >= 4 is 11.8 Å². The van der Waals surface area contributed by atoms with Crippen LogP contribution in [0.4, 0.5) is 0 Å². The van der Waals surface area contributed by atoms with Gasteiger partial charge in [0.15, 0.2) is 23.0 Å². The molecule has 0 spiro atoms. The van der Waals surface area contributed by atoms with Crippen LogP contribution in [-0.2, 0) is 22.4 Å². The van der Waals surface area contributed by atoms with E-state index in [0.717, 1.165) is 75.6 Å². The van der Waals surface area contributed by atoms with Crippen LogP contribution < -0.4 is 18.9 Å². The molecule has 2 unspecified atom stereocenters. The summed E-state index contributed by atoms with van der Waals surface area (Å²) in [7, 11) is 6.54. The third-order valence-electron chi connectivity index (χ3n) is 8.26. The van der Waals surface area contributed by atoms with Crippen molar-refractivity contribution in [2.45, 2.75) is 76.3 Å². The second-order valence-electron chi connectivity index (χ2n) is 10.8. The summed E-state index contributed by atoms with van der Waals surface area (Å²) in [5.41, 5.74) is 2.28. The molecular formula is C32H44N2O6. The lowest BCUT2D eigenvalue weighted by molar-refractivity contribution is -0.134. The Morgan fingerprint density at radius 1 is 0.650 bits per heavy atom. The Labute approximate surface area is 238 Å². The maximum absolute atomic E-state index is 13.1. The minimum absolute atomic E-state index is 0.197. The van der Waals surface area contributed by atoms with Gasteiger partial charge in [0.1, 0.15) is 0 Å². The van der Waals surface area contributed by atoms with Gasteiger partial charge in [0, 0.05) is 38.0 Å².